The number of amides is 1. The van der Waals surface area contributed by atoms with Gasteiger partial charge in [-0.2, -0.15) is 0 Å². The molecule has 0 bridgehead atoms. The number of carbonyl (C=O) groups excluding carboxylic acids is 1. The Bertz CT molecular complexity index is 693. The summed E-state index contributed by atoms with van der Waals surface area (Å²) in [5, 5.41) is 9.71. The molecule has 24 heavy (non-hydrogen) atoms. The van der Waals surface area contributed by atoms with Crippen molar-refractivity contribution in [3.8, 4) is 0 Å². The second kappa shape index (κ2) is 5.85. The van der Waals surface area contributed by atoms with Gasteiger partial charge in [-0.3, -0.25) is 9.59 Å². The summed E-state index contributed by atoms with van der Waals surface area (Å²) >= 11 is 3.47. The average Bonchev–Trinajstić information content (AvgIpc) is 3.26. The number of carboxylic acid groups (broad SMARTS) is 1. The van der Waals surface area contributed by atoms with Gasteiger partial charge in [-0.05, 0) is 36.5 Å². The van der Waals surface area contributed by atoms with Crippen LogP contribution in [0.15, 0.2) is 28.7 Å². The summed E-state index contributed by atoms with van der Waals surface area (Å²) in [6, 6.07) is 8.08. The molecule has 0 aromatic heterocycles. The van der Waals surface area contributed by atoms with E-state index < -0.39 is 11.4 Å². The molecule has 5 nitrogen and oxygen atoms in total. The summed E-state index contributed by atoms with van der Waals surface area (Å²) < 4.78 is 6.48. The van der Waals surface area contributed by atoms with E-state index in [2.05, 4.69) is 28.1 Å². The van der Waals surface area contributed by atoms with Crippen molar-refractivity contribution in [2.24, 2.45) is 17.3 Å². The van der Waals surface area contributed by atoms with Crippen LogP contribution in [0.5, 0.6) is 0 Å². The smallest absolute Gasteiger partial charge is 0.311 e. The number of likely N-dealkylation sites (tertiary alicyclic amines) is 1. The number of rotatable bonds is 3. The zero-order valence-corrected chi connectivity index (χ0v) is 14.9. The van der Waals surface area contributed by atoms with Crippen molar-refractivity contribution in [2.75, 3.05) is 26.3 Å². The molecule has 1 aromatic carbocycles. The molecular formula is C18H20BrNO4. The topological polar surface area (TPSA) is 66.8 Å². The van der Waals surface area contributed by atoms with Gasteiger partial charge in [-0.15, -0.1) is 0 Å². The predicted molar refractivity (Wildman–Crippen MR) is 90.6 cm³/mol. The van der Waals surface area contributed by atoms with Crippen LogP contribution in [0.4, 0.5) is 0 Å². The van der Waals surface area contributed by atoms with Gasteiger partial charge in [0.1, 0.15) is 0 Å². The van der Waals surface area contributed by atoms with Crippen LogP contribution in [-0.2, 0) is 14.3 Å². The second-order valence-electron chi connectivity index (χ2n) is 7.21. The van der Waals surface area contributed by atoms with Crippen molar-refractivity contribution in [3.63, 3.8) is 0 Å². The number of aliphatic carboxylic acids is 1. The van der Waals surface area contributed by atoms with Gasteiger partial charge in [-0.1, -0.05) is 28.1 Å². The Morgan fingerprint density at radius 1 is 1.38 bits per heavy atom. The van der Waals surface area contributed by atoms with E-state index in [4.69, 9.17) is 4.74 Å². The van der Waals surface area contributed by atoms with Crippen LogP contribution < -0.4 is 0 Å². The highest BCUT2D eigenvalue weighted by atomic mass is 79.9. The molecule has 1 aliphatic carbocycles. The molecule has 2 heterocycles. The predicted octanol–water partition coefficient (Wildman–Crippen LogP) is 2.50. The molecule has 1 saturated carbocycles. The first-order chi connectivity index (χ1) is 11.5. The Balaban J connectivity index is 1.48. The fourth-order valence-electron chi connectivity index (χ4n) is 4.28. The number of ether oxygens (including phenoxy) is 1. The molecule has 0 spiro atoms. The van der Waals surface area contributed by atoms with Gasteiger partial charge in [0.2, 0.25) is 5.91 Å². The van der Waals surface area contributed by atoms with Crippen molar-refractivity contribution >= 4 is 27.8 Å². The number of nitrogens with zero attached hydrogens (tertiary/aromatic N) is 1. The summed E-state index contributed by atoms with van der Waals surface area (Å²) in [4.78, 5) is 26.5. The minimum Gasteiger partial charge on any atom is -0.481 e. The van der Waals surface area contributed by atoms with E-state index >= 15 is 0 Å². The van der Waals surface area contributed by atoms with Crippen LogP contribution in [0.25, 0.3) is 0 Å². The van der Waals surface area contributed by atoms with Gasteiger partial charge >= 0.3 is 5.97 Å². The van der Waals surface area contributed by atoms with Crippen LogP contribution >= 0.6 is 15.9 Å². The Labute approximate surface area is 149 Å². The zero-order valence-electron chi connectivity index (χ0n) is 13.3. The van der Waals surface area contributed by atoms with Gasteiger partial charge < -0.3 is 14.7 Å². The van der Waals surface area contributed by atoms with Crippen molar-refractivity contribution < 1.29 is 19.4 Å². The molecule has 4 rings (SSSR count). The van der Waals surface area contributed by atoms with Crippen LogP contribution in [-0.4, -0.2) is 48.2 Å². The molecule has 0 radical (unpaired) electrons. The molecule has 2 unspecified atom stereocenters. The lowest BCUT2D eigenvalue weighted by molar-refractivity contribution is -0.157. The summed E-state index contributed by atoms with van der Waals surface area (Å²) in [6.45, 7) is 1.74. The number of hydrogen-bond acceptors (Lipinski definition) is 3. The van der Waals surface area contributed by atoms with Crippen LogP contribution in [0.1, 0.15) is 24.3 Å². The third-order valence-corrected chi connectivity index (χ3v) is 6.32. The fourth-order valence-corrected chi connectivity index (χ4v) is 4.69. The lowest BCUT2D eigenvalue weighted by Gasteiger charge is -2.33. The third-order valence-electron chi connectivity index (χ3n) is 5.83. The number of halogens is 1. The van der Waals surface area contributed by atoms with Crippen molar-refractivity contribution in [1.82, 2.24) is 4.90 Å². The van der Waals surface area contributed by atoms with E-state index in [1.54, 1.807) is 4.90 Å². The van der Waals surface area contributed by atoms with Crippen molar-refractivity contribution in [1.29, 1.82) is 0 Å². The Hall–Kier alpha value is -1.40. The van der Waals surface area contributed by atoms with E-state index in [9.17, 15) is 14.7 Å². The summed E-state index contributed by atoms with van der Waals surface area (Å²) in [5.74, 6) is -0.517. The van der Waals surface area contributed by atoms with Gasteiger partial charge in [0.15, 0.2) is 0 Å². The van der Waals surface area contributed by atoms with Gasteiger partial charge in [0, 0.05) is 36.0 Å². The van der Waals surface area contributed by atoms with Crippen LogP contribution in [0, 0.1) is 17.3 Å². The summed E-state index contributed by atoms with van der Waals surface area (Å²) in [6.07, 6.45) is 1.35. The Morgan fingerprint density at radius 3 is 2.92 bits per heavy atom. The lowest BCUT2D eigenvalue weighted by atomic mass is 9.74. The maximum absolute atomic E-state index is 12.9. The molecule has 2 aliphatic heterocycles. The number of carbonyl (C=O) groups is 2. The molecule has 2 saturated heterocycles. The molecular weight excluding hydrogens is 374 g/mol. The monoisotopic (exact) mass is 393 g/mol. The zero-order chi connectivity index (χ0) is 16.9. The SMILES string of the molecule is O=C(C1CC1c1cccc(Br)c1)N1C[C@H]2COCC[C@@]2(C(=O)O)C1. The van der Waals surface area contributed by atoms with Crippen molar-refractivity contribution in [2.45, 2.75) is 18.8 Å². The number of benzene rings is 1. The van der Waals surface area contributed by atoms with Gasteiger partial charge in [0.05, 0.1) is 12.0 Å². The van der Waals surface area contributed by atoms with Gasteiger partial charge in [-0.25, -0.2) is 0 Å². The molecule has 6 heteroatoms. The molecule has 4 atom stereocenters. The quantitative estimate of drug-likeness (QED) is 0.856. The Kier molecular flexibility index (Phi) is 3.92. The molecule has 3 aliphatic rings. The summed E-state index contributed by atoms with van der Waals surface area (Å²) in [5.41, 5.74) is 0.365. The van der Waals surface area contributed by atoms with E-state index in [1.807, 2.05) is 12.1 Å². The van der Waals surface area contributed by atoms with E-state index in [-0.39, 0.29) is 23.7 Å². The average molecular weight is 394 g/mol. The molecule has 128 valence electrons. The molecule has 1 aromatic rings. The first kappa shape index (κ1) is 16.1. The normalized spacial score (nSPS) is 34.7. The second-order valence-corrected chi connectivity index (χ2v) is 8.12. The van der Waals surface area contributed by atoms with Crippen LogP contribution in [0.3, 0.4) is 0 Å². The maximum atomic E-state index is 12.9. The lowest BCUT2D eigenvalue weighted by Crippen LogP contribution is -2.45. The van der Waals surface area contributed by atoms with E-state index in [0.717, 1.165) is 10.9 Å². The maximum Gasteiger partial charge on any atom is 0.311 e. The van der Waals surface area contributed by atoms with Crippen molar-refractivity contribution in [3.05, 3.63) is 34.3 Å². The number of hydrogen-bond donors (Lipinski definition) is 1. The van der Waals surface area contributed by atoms with E-state index in [0.29, 0.717) is 32.7 Å². The number of fused-ring (bicyclic) bond motifs is 1. The first-order valence-electron chi connectivity index (χ1n) is 8.37. The van der Waals surface area contributed by atoms with Crippen LogP contribution in [0.2, 0.25) is 0 Å². The van der Waals surface area contributed by atoms with E-state index in [1.165, 1.54) is 5.56 Å². The largest absolute Gasteiger partial charge is 0.481 e. The third kappa shape index (κ3) is 2.56. The number of carboxylic acids is 1. The highest BCUT2D eigenvalue weighted by molar-refractivity contribution is 9.10. The highest BCUT2D eigenvalue weighted by Gasteiger charge is 2.57. The Morgan fingerprint density at radius 2 is 2.21 bits per heavy atom. The summed E-state index contributed by atoms with van der Waals surface area (Å²) in [7, 11) is 0. The fraction of sp³-hybridized carbons (Fsp3) is 0.556. The minimum atomic E-state index is -0.811. The standard InChI is InChI=1S/C18H20BrNO4/c19-13-3-1-2-11(6-13)14-7-15(14)16(21)20-8-12-9-24-5-4-18(12,10-20)17(22)23/h1-3,6,12,14-15H,4-5,7-10H2,(H,22,23)/t12-,14?,15?,18+/m0/s1. The highest BCUT2D eigenvalue weighted by Crippen LogP contribution is 2.51. The van der Waals surface area contributed by atoms with Gasteiger partial charge in [0.25, 0.3) is 0 Å². The minimum absolute atomic E-state index is 0.00813. The first-order valence-corrected chi connectivity index (χ1v) is 9.16. The molecule has 1 amide bonds. The molecule has 1 N–H and O–H groups in total. The molecule has 3 fully saturated rings.